The van der Waals surface area contributed by atoms with Crippen LogP contribution in [0.15, 0.2) is 0 Å². The predicted molar refractivity (Wildman–Crippen MR) is 91.8 cm³/mol. The van der Waals surface area contributed by atoms with E-state index in [4.69, 9.17) is 0 Å². The van der Waals surface area contributed by atoms with Gasteiger partial charge in [0.25, 0.3) is 0 Å². The summed E-state index contributed by atoms with van der Waals surface area (Å²) in [4.78, 5) is 5.09. The molecule has 3 heteroatoms. The Kier molecular flexibility index (Phi) is 7.48. The van der Waals surface area contributed by atoms with E-state index in [1.54, 1.807) is 0 Å². The lowest BCUT2D eigenvalue weighted by atomic mass is 9.83. The van der Waals surface area contributed by atoms with E-state index in [2.05, 4.69) is 36.1 Å². The Balaban J connectivity index is 1.84. The van der Waals surface area contributed by atoms with Crippen molar-refractivity contribution in [3.63, 3.8) is 0 Å². The van der Waals surface area contributed by atoms with Crippen molar-refractivity contribution in [2.75, 3.05) is 40.3 Å². The van der Waals surface area contributed by atoms with Crippen molar-refractivity contribution in [1.82, 2.24) is 15.1 Å². The minimum absolute atomic E-state index is 0.729. The van der Waals surface area contributed by atoms with Crippen LogP contribution in [0.5, 0.6) is 0 Å². The Labute approximate surface area is 132 Å². The Bertz CT molecular complexity index is 276. The zero-order valence-electron chi connectivity index (χ0n) is 14.6. The van der Waals surface area contributed by atoms with Gasteiger partial charge in [-0.2, -0.15) is 0 Å². The largest absolute Gasteiger partial charge is 0.314 e. The van der Waals surface area contributed by atoms with E-state index in [-0.39, 0.29) is 0 Å². The first-order valence-electron chi connectivity index (χ1n) is 9.31. The SMILES string of the molecule is CCCNC(CC1CCCCC1)CC1CN(C)CCN1C. The molecule has 2 aliphatic rings. The number of piperazine rings is 1. The molecule has 2 unspecified atom stereocenters. The van der Waals surface area contributed by atoms with Gasteiger partial charge in [0.15, 0.2) is 0 Å². The minimum atomic E-state index is 0.729. The van der Waals surface area contributed by atoms with Gasteiger partial charge in [0.2, 0.25) is 0 Å². The van der Waals surface area contributed by atoms with E-state index < -0.39 is 0 Å². The maximum atomic E-state index is 3.85. The average Bonchev–Trinajstić information content (AvgIpc) is 2.49. The van der Waals surface area contributed by atoms with Gasteiger partial charge in [-0.3, -0.25) is 0 Å². The lowest BCUT2D eigenvalue weighted by molar-refractivity contribution is 0.0972. The van der Waals surface area contributed by atoms with Crippen LogP contribution in [-0.4, -0.2) is 62.2 Å². The molecule has 2 fully saturated rings. The van der Waals surface area contributed by atoms with Crippen LogP contribution in [0.2, 0.25) is 0 Å². The summed E-state index contributed by atoms with van der Waals surface area (Å²) in [6.07, 6.45) is 11.4. The molecule has 1 N–H and O–H groups in total. The van der Waals surface area contributed by atoms with E-state index in [0.29, 0.717) is 0 Å². The van der Waals surface area contributed by atoms with Gasteiger partial charge in [-0.1, -0.05) is 39.0 Å². The fourth-order valence-corrected chi connectivity index (χ4v) is 4.12. The highest BCUT2D eigenvalue weighted by atomic mass is 15.3. The Morgan fingerprint density at radius 3 is 2.52 bits per heavy atom. The van der Waals surface area contributed by atoms with E-state index >= 15 is 0 Å². The van der Waals surface area contributed by atoms with E-state index in [1.165, 1.54) is 77.5 Å². The van der Waals surface area contributed by atoms with Crippen LogP contribution in [0.25, 0.3) is 0 Å². The second kappa shape index (κ2) is 9.12. The van der Waals surface area contributed by atoms with Gasteiger partial charge in [-0.25, -0.2) is 0 Å². The summed E-state index contributed by atoms with van der Waals surface area (Å²) in [5, 5.41) is 3.85. The lowest BCUT2D eigenvalue weighted by Gasteiger charge is -2.40. The molecule has 3 nitrogen and oxygen atoms in total. The van der Waals surface area contributed by atoms with Crippen LogP contribution in [0.3, 0.4) is 0 Å². The van der Waals surface area contributed by atoms with Gasteiger partial charge in [0, 0.05) is 31.7 Å². The van der Waals surface area contributed by atoms with Gasteiger partial charge >= 0.3 is 0 Å². The molecular weight excluding hydrogens is 258 g/mol. The number of hydrogen-bond donors (Lipinski definition) is 1. The summed E-state index contributed by atoms with van der Waals surface area (Å²) in [5.41, 5.74) is 0. The molecule has 0 aromatic rings. The summed E-state index contributed by atoms with van der Waals surface area (Å²) in [6.45, 7) is 7.16. The summed E-state index contributed by atoms with van der Waals surface area (Å²) in [6, 6.07) is 1.47. The minimum Gasteiger partial charge on any atom is -0.314 e. The summed E-state index contributed by atoms with van der Waals surface area (Å²) >= 11 is 0. The van der Waals surface area contributed by atoms with Crippen molar-refractivity contribution >= 4 is 0 Å². The summed E-state index contributed by atoms with van der Waals surface area (Å²) < 4.78 is 0. The fourth-order valence-electron chi connectivity index (χ4n) is 4.12. The molecule has 0 aromatic heterocycles. The standard InChI is InChI=1S/C18H37N3/c1-4-10-19-17(13-16-8-6-5-7-9-16)14-18-15-20(2)11-12-21(18)3/h16-19H,4-15H2,1-3H3. The second-order valence-corrected chi connectivity index (χ2v) is 7.52. The summed E-state index contributed by atoms with van der Waals surface area (Å²) in [7, 11) is 4.59. The Morgan fingerprint density at radius 1 is 1.05 bits per heavy atom. The van der Waals surface area contributed by atoms with Gasteiger partial charge in [-0.05, 0) is 45.8 Å². The number of rotatable bonds is 7. The van der Waals surface area contributed by atoms with E-state index in [1.807, 2.05) is 0 Å². The molecule has 1 heterocycles. The first-order chi connectivity index (χ1) is 10.2. The third-order valence-corrected chi connectivity index (χ3v) is 5.56. The van der Waals surface area contributed by atoms with Gasteiger partial charge in [-0.15, -0.1) is 0 Å². The van der Waals surface area contributed by atoms with E-state index in [9.17, 15) is 0 Å². The van der Waals surface area contributed by atoms with Crippen molar-refractivity contribution in [2.24, 2.45) is 5.92 Å². The molecule has 2 rings (SSSR count). The second-order valence-electron chi connectivity index (χ2n) is 7.52. The van der Waals surface area contributed by atoms with Crippen molar-refractivity contribution < 1.29 is 0 Å². The van der Waals surface area contributed by atoms with Crippen molar-refractivity contribution in [3.05, 3.63) is 0 Å². The normalized spacial score (nSPS) is 27.9. The molecule has 0 amide bonds. The van der Waals surface area contributed by atoms with Crippen molar-refractivity contribution in [3.8, 4) is 0 Å². The monoisotopic (exact) mass is 295 g/mol. The number of likely N-dealkylation sites (N-methyl/N-ethyl adjacent to an activating group) is 2. The van der Waals surface area contributed by atoms with Gasteiger partial charge in [0.1, 0.15) is 0 Å². The maximum Gasteiger partial charge on any atom is 0.0235 e. The molecule has 0 bridgehead atoms. The molecular formula is C18H37N3. The molecule has 1 saturated heterocycles. The molecule has 1 saturated carbocycles. The van der Waals surface area contributed by atoms with Crippen LogP contribution in [0.4, 0.5) is 0 Å². The molecule has 124 valence electrons. The average molecular weight is 296 g/mol. The van der Waals surface area contributed by atoms with Crippen LogP contribution in [0.1, 0.15) is 58.3 Å². The molecule has 2 atom stereocenters. The van der Waals surface area contributed by atoms with E-state index in [0.717, 1.165) is 18.0 Å². The predicted octanol–water partition coefficient (Wildman–Crippen LogP) is 2.96. The first-order valence-corrected chi connectivity index (χ1v) is 9.31. The zero-order chi connectivity index (χ0) is 15.1. The fraction of sp³-hybridized carbons (Fsp3) is 1.00. The van der Waals surface area contributed by atoms with Gasteiger partial charge in [0.05, 0.1) is 0 Å². The topological polar surface area (TPSA) is 18.5 Å². The number of nitrogens with one attached hydrogen (secondary N) is 1. The quantitative estimate of drug-likeness (QED) is 0.779. The Hall–Kier alpha value is -0.120. The lowest BCUT2D eigenvalue weighted by Crippen LogP contribution is -2.52. The molecule has 0 spiro atoms. The Morgan fingerprint density at radius 2 is 1.81 bits per heavy atom. The third-order valence-electron chi connectivity index (χ3n) is 5.56. The highest BCUT2D eigenvalue weighted by Gasteiger charge is 2.26. The zero-order valence-corrected chi connectivity index (χ0v) is 14.6. The molecule has 1 aliphatic heterocycles. The highest BCUT2D eigenvalue weighted by Crippen LogP contribution is 2.28. The van der Waals surface area contributed by atoms with Gasteiger partial charge < -0.3 is 15.1 Å². The molecule has 0 radical (unpaired) electrons. The van der Waals surface area contributed by atoms with Crippen LogP contribution in [-0.2, 0) is 0 Å². The van der Waals surface area contributed by atoms with Crippen LogP contribution in [0, 0.1) is 5.92 Å². The summed E-state index contributed by atoms with van der Waals surface area (Å²) in [5.74, 6) is 0.986. The highest BCUT2D eigenvalue weighted by molar-refractivity contribution is 4.85. The number of hydrogen-bond acceptors (Lipinski definition) is 3. The molecule has 21 heavy (non-hydrogen) atoms. The van der Waals surface area contributed by atoms with Crippen LogP contribution >= 0.6 is 0 Å². The maximum absolute atomic E-state index is 3.85. The van der Waals surface area contributed by atoms with Crippen LogP contribution < -0.4 is 5.32 Å². The smallest absolute Gasteiger partial charge is 0.0235 e. The third kappa shape index (κ3) is 5.88. The van der Waals surface area contributed by atoms with Crippen molar-refractivity contribution in [2.45, 2.75) is 70.4 Å². The van der Waals surface area contributed by atoms with Crippen molar-refractivity contribution in [1.29, 1.82) is 0 Å². The first kappa shape index (κ1) is 17.2. The molecule has 1 aliphatic carbocycles. The molecule has 0 aromatic carbocycles. The number of nitrogens with zero attached hydrogens (tertiary/aromatic N) is 2.